The van der Waals surface area contributed by atoms with Crippen LogP contribution >= 0.6 is 0 Å². The Kier molecular flexibility index (Phi) is 6.56. The molecule has 1 aliphatic rings. The molecule has 0 atom stereocenters. The first-order valence-corrected chi connectivity index (χ1v) is 9.46. The number of morpholine rings is 1. The quantitative estimate of drug-likeness (QED) is 0.766. The molecular formula is C16H24N2O4S. The van der Waals surface area contributed by atoms with Crippen LogP contribution in [0.2, 0.25) is 0 Å². The average Bonchev–Trinajstić information content (AvgIpc) is 2.59. The first-order chi connectivity index (χ1) is 11.1. The topological polar surface area (TPSA) is 75.7 Å². The number of nitrogens with zero attached hydrogens (tertiary/aromatic N) is 1. The summed E-state index contributed by atoms with van der Waals surface area (Å²) in [5, 5.41) is 2.84. The minimum Gasteiger partial charge on any atom is -0.379 e. The van der Waals surface area contributed by atoms with Crippen molar-refractivity contribution in [2.24, 2.45) is 0 Å². The maximum atomic E-state index is 12.5. The molecule has 0 radical (unpaired) electrons. The lowest BCUT2D eigenvalue weighted by molar-refractivity contribution is 0.0730. The molecule has 0 saturated carbocycles. The van der Waals surface area contributed by atoms with E-state index in [9.17, 15) is 13.2 Å². The lowest BCUT2D eigenvalue weighted by atomic mass is 10.2. The molecule has 1 aromatic carbocycles. The second kappa shape index (κ2) is 8.42. The molecule has 1 heterocycles. The SMILES string of the molecule is CCCCCNC(=O)c1ccc(S(=O)(=O)N2CCOCC2)cc1. The molecule has 0 spiro atoms. The fourth-order valence-corrected chi connectivity index (χ4v) is 3.80. The van der Waals surface area contributed by atoms with E-state index in [0.29, 0.717) is 38.4 Å². The molecule has 128 valence electrons. The summed E-state index contributed by atoms with van der Waals surface area (Å²) < 4.78 is 31.6. The Morgan fingerprint density at radius 2 is 1.83 bits per heavy atom. The van der Waals surface area contributed by atoms with Crippen molar-refractivity contribution in [1.82, 2.24) is 9.62 Å². The maximum absolute atomic E-state index is 12.5. The summed E-state index contributed by atoms with van der Waals surface area (Å²) in [4.78, 5) is 12.2. The van der Waals surface area contributed by atoms with Crippen molar-refractivity contribution in [3.63, 3.8) is 0 Å². The van der Waals surface area contributed by atoms with Gasteiger partial charge < -0.3 is 10.1 Å². The molecule has 0 unspecified atom stereocenters. The molecule has 6 nitrogen and oxygen atoms in total. The van der Waals surface area contributed by atoms with Gasteiger partial charge in [-0.25, -0.2) is 8.42 Å². The molecule has 0 aliphatic carbocycles. The van der Waals surface area contributed by atoms with Crippen molar-refractivity contribution in [1.29, 1.82) is 0 Å². The van der Waals surface area contributed by atoms with E-state index >= 15 is 0 Å². The fraction of sp³-hybridized carbons (Fsp3) is 0.562. The van der Waals surface area contributed by atoms with E-state index in [1.54, 1.807) is 12.1 Å². The van der Waals surface area contributed by atoms with Crippen molar-refractivity contribution in [3.8, 4) is 0 Å². The zero-order valence-corrected chi connectivity index (χ0v) is 14.3. The number of carbonyl (C=O) groups is 1. The summed E-state index contributed by atoms with van der Waals surface area (Å²) in [6.45, 7) is 4.30. The highest BCUT2D eigenvalue weighted by atomic mass is 32.2. The minimum atomic E-state index is -3.51. The second-order valence-corrected chi connectivity index (χ2v) is 7.44. The standard InChI is InChI=1S/C16H24N2O4S/c1-2-3-4-9-17-16(19)14-5-7-15(8-6-14)23(20,21)18-10-12-22-13-11-18/h5-8H,2-4,9-13H2,1H3,(H,17,19). The monoisotopic (exact) mass is 340 g/mol. The predicted octanol–water partition coefficient (Wildman–Crippen LogP) is 1.63. The highest BCUT2D eigenvalue weighted by Crippen LogP contribution is 2.17. The van der Waals surface area contributed by atoms with Gasteiger partial charge in [0.25, 0.3) is 5.91 Å². The third kappa shape index (κ3) is 4.76. The number of nitrogens with one attached hydrogen (secondary N) is 1. The summed E-state index contributed by atoms with van der Waals surface area (Å²) >= 11 is 0. The van der Waals surface area contributed by atoms with Crippen molar-refractivity contribution in [2.45, 2.75) is 31.1 Å². The number of hydrogen-bond acceptors (Lipinski definition) is 4. The molecule has 1 aromatic rings. The lowest BCUT2D eigenvalue weighted by Crippen LogP contribution is -2.40. The first-order valence-electron chi connectivity index (χ1n) is 8.02. The van der Waals surface area contributed by atoms with Crippen LogP contribution in [0.5, 0.6) is 0 Å². The van der Waals surface area contributed by atoms with Gasteiger partial charge in [0.1, 0.15) is 0 Å². The van der Waals surface area contributed by atoms with Crippen LogP contribution in [0.4, 0.5) is 0 Å². The van der Waals surface area contributed by atoms with Gasteiger partial charge in [0.15, 0.2) is 0 Å². The second-order valence-electron chi connectivity index (χ2n) is 5.50. The first kappa shape index (κ1) is 17.9. The van der Waals surface area contributed by atoms with E-state index < -0.39 is 10.0 Å². The van der Waals surface area contributed by atoms with E-state index in [-0.39, 0.29) is 10.8 Å². The summed E-state index contributed by atoms with van der Waals surface area (Å²) in [7, 11) is -3.51. The van der Waals surface area contributed by atoms with Gasteiger partial charge in [0.2, 0.25) is 10.0 Å². The van der Waals surface area contributed by atoms with Crippen LogP contribution in [0.25, 0.3) is 0 Å². The number of unbranched alkanes of at least 4 members (excludes halogenated alkanes) is 2. The number of sulfonamides is 1. The molecule has 1 N–H and O–H groups in total. The molecule has 2 rings (SSSR count). The van der Waals surface area contributed by atoms with Crippen LogP contribution in [-0.4, -0.2) is 51.5 Å². The average molecular weight is 340 g/mol. The number of hydrogen-bond donors (Lipinski definition) is 1. The van der Waals surface area contributed by atoms with Crippen LogP contribution in [0.15, 0.2) is 29.2 Å². The highest BCUT2D eigenvalue weighted by Gasteiger charge is 2.26. The normalized spacial score (nSPS) is 16.2. The van der Waals surface area contributed by atoms with Crippen molar-refractivity contribution in [2.75, 3.05) is 32.8 Å². The van der Waals surface area contributed by atoms with E-state index in [1.807, 2.05) is 0 Å². The predicted molar refractivity (Wildman–Crippen MR) is 87.9 cm³/mol. The van der Waals surface area contributed by atoms with E-state index in [1.165, 1.54) is 16.4 Å². The maximum Gasteiger partial charge on any atom is 0.251 e. The third-order valence-corrected chi connectivity index (χ3v) is 5.70. The van der Waals surface area contributed by atoms with Crippen molar-refractivity contribution in [3.05, 3.63) is 29.8 Å². The molecule has 1 fully saturated rings. The van der Waals surface area contributed by atoms with Crippen LogP contribution in [0, 0.1) is 0 Å². The number of carbonyl (C=O) groups excluding carboxylic acids is 1. The molecule has 7 heteroatoms. The lowest BCUT2D eigenvalue weighted by Gasteiger charge is -2.26. The summed E-state index contributed by atoms with van der Waals surface area (Å²) in [6, 6.07) is 6.10. The van der Waals surface area contributed by atoms with E-state index in [0.717, 1.165) is 19.3 Å². The van der Waals surface area contributed by atoms with Gasteiger partial charge in [-0.3, -0.25) is 4.79 Å². The van der Waals surface area contributed by atoms with Crippen LogP contribution < -0.4 is 5.32 Å². The summed E-state index contributed by atoms with van der Waals surface area (Å²) in [6.07, 6.45) is 3.13. The molecule has 23 heavy (non-hydrogen) atoms. The molecule has 0 bridgehead atoms. The smallest absolute Gasteiger partial charge is 0.251 e. The highest BCUT2D eigenvalue weighted by molar-refractivity contribution is 7.89. The van der Waals surface area contributed by atoms with Crippen molar-refractivity contribution < 1.29 is 17.9 Å². The Morgan fingerprint density at radius 3 is 2.43 bits per heavy atom. The van der Waals surface area contributed by atoms with E-state index in [4.69, 9.17) is 4.74 Å². The van der Waals surface area contributed by atoms with Gasteiger partial charge in [0.05, 0.1) is 18.1 Å². The van der Waals surface area contributed by atoms with E-state index in [2.05, 4.69) is 12.2 Å². The largest absolute Gasteiger partial charge is 0.379 e. The van der Waals surface area contributed by atoms with Gasteiger partial charge in [-0.2, -0.15) is 4.31 Å². The third-order valence-electron chi connectivity index (χ3n) is 3.79. The Hall–Kier alpha value is -1.44. The van der Waals surface area contributed by atoms with Gasteiger partial charge >= 0.3 is 0 Å². The number of amides is 1. The Morgan fingerprint density at radius 1 is 1.17 bits per heavy atom. The number of ether oxygens (including phenoxy) is 1. The molecular weight excluding hydrogens is 316 g/mol. The van der Waals surface area contributed by atoms with Crippen molar-refractivity contribution >= 4 is 15.9 Å². The van der Waals surface area contributed by atoms with Crippen LogP contribution in [0.1, 0.15) is 36.5 Å². The van der Waals surface area contributed by atoms with Crippen LogP contribution in [-0.2, 0) is 14.8 Å². The minimum absolute atomic E-state index is 0.170. The Bertz CT molecular complexity index is 607. The molecule has 1 amide bonds. The molecule has 0 aromatic heterocycles. The van der Waals surface area contributed by atoms with Gasteiger partial charge in [-0.15, -0.1) is 0 Å². The number of rotatable bonds is 7. The summed E-state index contributed by atoms with van der Waals surface area (Å²) in [5.74, 6) is -0.170. The zero-order chi connectivity index (χ0) is 16.7. The Labute approximate surface area is 137 Å². The molecule has 1 aliphatic heterocycles. The van der Waals surface area contributed by atoms with Gasteiger partial charge in [-0.05, 0) is 30.7 Å². The summed E-state index contributed by atoms with van der Waals surface area (Å²) in [5.41, 5.74) is 0.474. The number of benzene rings is 1. The van der Waals surface area contributed by atoms with Gasteiger partial charge in [-0.1, -0.05) is 19.8 Å². The Balaban J connectivity index is 1.99. The fourth-order valence-electron chi connectivity index (χ4n) is 2.39. The van der Waals surface area contributed by atoms with Crippen LogP contribution in [0.3, 0.4) is 0 Å². The zero-order valence-electron chi connectivity index (χ0n) is 13.5. The molecule has 1 saturated heterocycles. The van der Waals surface area contributed by atoms with Gasteiger partial charge in [0, 0.05) is 25.2 Å².